The van der Waals surface area contributed by atoms with Gasteiger partial charge in [0.05, 0.1) is 23.1 Å². The van der Waals surface area contributed by atoms with Gasteiger partial charge in [0.15, 0.2) is 6.29 Å². The van der Waals surface area contributed by atoms with Crippen molar-refractivity contribution in [2.24, 2.45) is 0 Å². The highest BCUT2D eigenvalue weighted by molar-refractivity contribution is 5.84. The summed E-state index contributed by atoms with van der Waals surface area (Å²) in [5.41, 5.74) is 2.53. The molecule has 14 heavy (non-hydrogen) atoms. The minimum absolute atomic E-state index is 0.494. The lowest BCUT2D eigenvalue weighted by Crippen LogP contribution is -1.93. The average Bonchev–Trinajstić information content (AvgIpc) is 2.66. The van der Waals surface area contributed by atoms with Crippen LogP contribution in [0.5, 0.6) is 0 Å². The first-order chi connectivity index (χ1) is 6.83. The summed E-state index contributed by atoms with van der Waals surface area (Å²) < 4.78 is 0. The van der Waals surface area contributed by atoms with E-state index in [1.807, 2.05) is 6.92 Å². The Bertz CT molecular complexity index is 463. The van der Waals surface area contributed by atoms with Gasteiger partial charge < -0.3 is 0 Å². The van der Waals surface area contributed by atoms with Crippen LogP contribution in [-0.4, -0.2) is 26.5 Å². The van der Waals surface area contributed by atoms with Gasteiger partial charge in [-0.2, -0.15) is 5.10 Å². The zero-order valence-corrected chi connectivity index (χ0v) is 7.56. The van der Waals surface area contributed by atoms with E-state index in [0.717, 1.165) is 12.0 Å². The second-order valence-electron chi connectivity index (χ2n) is 2.81. The molecule has 2 aromatic rings. The molecule has 0 fully saturated rings. The molecule has 5 nitrogen and oxygen atoms in total. The smallest absolute Gasteiger partial charge is 0.153 e. The minimum atomic E-state index is 0.494. The lowest BCUT2D eigenvalue weighted by Gasteiger charge is -2.00. The summed E-state index contributed by atoms with van der Waals surface area (Å²) in [7, 11) is 0. The lowest BCUT2D eigenvalue weighted by molar-refractivity contribution is 0.112. The maximum Gasteiger partial charge on any atom is 0.153 e. The summed E-state index contributed by atoms with van der Waals surface area (Å²) in [6.07, 6.45) is 5.40. The monoisotopic (exact) mass is 188 g/mol. The third-order valence-corrected chi connectivity index (χ3v) is 1.91. The van der Waals surface area contributed by atoms with Crippen LogP contribution in [0.1, 0.15) is 16.1 Å². The first-order valence-corrected chi connectivity index (χ1v) is 4.09. The third kappa shape index (κ3) is 1.28. The summed E-state index contributed by atoms with van der Waals surface area (Å²) in [6.45, 7) is 1.83. The van der Waals surface area contributed by atoms with E-state index >= 15 is 0 Å². The molecule has 0 radical (unpaired) electrons. The molecule has 0 spiro atoms. The minimum Gasteiger partial charge on any atom is -0.298 e. The number of carbonyl (C=O) groups is 1. The van der Waals surface area contributed by atoms with Crippen molar-refractivity contribution < 1.29 is 4.79 Å². The normalized spacial score (nSPS) is 10.1. The van der Waals surface area contributed by atoms with Crippen LogP contribution in [0.2, 0.25) is 0 Å². The van der Waals surface area contributed by atoms with Gasteiger partial charge in [0, 0.05) is 12.4 Å². The topological polar surface area (TPSA) is 71.5 Å². The number of nitrogens with one attached hydrogen (secondary N) is 1. The van der Waals surface area contributed by atoms with Crippen LogP contribution in [0, 0.1) is 6.92 Å². The van der Waals surface area contributed by atoms with Gasteiger partial charge in [-0.15, -0.1) is 0 Å². The Balaban J connectivity index is 2.60. The molecule has 0 aliphatic rings. The molecule has 70 valence electrons. The number of aromatic nitrogens is 4. The van der Waals surface area contributed by atoms with Crippen molar-refractivity contribution in [1.29, 1.82) is 0 Å². The molecule has 2 rings (SSSR count). The van der Waals surface area contributed by atoms with Crippen molar-refractivity contribution in [3.05, 3.63) is 29.8 Å². The zero-order chi connectivity index (χ0) is 9.97. The van der Waals surface area contributed by atoms with Crippen molar-refractivity contribution in [1.82, 2.24) is 20.2 Å². The van der Waals surface area contributed by atoms with Gasteiger partial charge in [-0.05, 0) is 6.92 Å². The van der Waals surface area contributed by atoms with E-state index in [4.69, 9.17) is 0 Å². The van der Waals surface area contributed by atoms with Gasteiger partial charge in [0.25, 0.3) is 0 Å². The van der Waals surface area contributed by atoms with Crippen molar-refractivity contribution in [2.75, 3.05) is 0 Å². The largest absolute Gasteiger partial charge is 0.298 e. The van der Waals surface area contributed by atoms with Crippen molar-refractivity contribution in [3.63, 3.8) is 0 Å². The zero-order valence-electron chi connectivity index (χ0n) is 7.56. The van der Waals surface area contributed by atoms with E-state index in [1.165, 1.54) is 6.20 Å². The average molecular weight is 188 g/mol. The van der Waals surface area contributed by atoms with Crippen LogP contribution in [0.25, 0.3) is 11.4 Å². The number of nitrogens with zero attached hydrogens (tertiary/aromatic N) is 3. The maximum atomic E-state index is 10.7. The molecule has 5 heteroatoms. The number of hydrogen-bond donors (Lipinski definition) is 1. The molecule has 0 saturated heterocycles. The summed E-state index contributed by atoms with van der Waals surface area (Å²) in [5.74, 6) is 0. The van der Waals surface area contributed by atoms with Crippen molar-refractivity contribution >= 4 is 6.29 Å². The fourth-order valence-corrected chi connectivity index (χ4v) is 1.23. The van der Waals surface area contributed by atoms with E-state index in [2.05, 4.69) is 20.2 Å². The molecule has 1 N–H and O–H groups in total. The Hall–Kier alpha value is -2.04. The number of hydrogen-bond acceptors (Lipinski definition) is 4. The predicted octanol–water partition coefficient (Wildman–Crippen LogP) is 0.988. The SMILES string of the molecule is Cc1nccnc1-c1[nH]ncc1C=O. The number of H-pyrrole nitrogens is 1. The van der Waals surface area contributed by atoms with E-state index in [9.17, 15) is 4.79 Å². The van der Waals surface area contributed by atoms with Gasteiger partial charge in [0.1, 0.15) is 5.69 Å². The van der Waals surface area contributed by atoms with Crippen LogP contribution < -0.4 is 0 Å². The number of carbonyl (C=O) groups excluding carboxylic acids is 1. The second kappa shape index (κ2) is 3.37. The summed E-state index contributed by atoms with van der Waals surface area (Å²) in [4.78, 5) is 18.9. The molecule has 2 aromatic heterocycles. The lowest BCUT2D eigenvalue weighted by atomic mass is 10.2. The Labute approximate surface area is 80.2 Å². The molecule has 0 unspecified atom stereocenters. The maximum absolute atomic E-state index is 10.7. The first-order valence-electron chi connectivity index (χ1n) is 4.09. The third-order valence-electron chi connectivity index (χ3n) is 1.91. The Morgan fingerprint density at radius 3 is 2.86 bits per heavy atom. The number of aryl methyl sites for hydroxylation is 1. The Kier molecular flexibility index (Phi) is 2.06. The van der Waals surface area contributed by atoms with E-state index < -0.39 is 0 Å². The van der Waals surface area contributed by atoms with Gasteiger partial charge >= 0.3 is 0 Å². The molecule has 0 aliphatic carbocycles. The highest BCUT2D eigenvalue weighted by Crippen LogP contribution is 2.18. The second-order valence-corrected chi connectivity index (χ2v) is 2.81. The summed E-state index contributed by atoms with van der Waals surface area (Å²) in [6, 6.07) is 0. The Morgan fingerprint density at radius 2 is 2.14 bits per heavy atom. The van der Waals surface area contributed by atoms with Crippen LogP contribution in [0.3, 0.4) is 0 Å². The van der Waals surface area contributed by atoms with Crippen LogP contribution >= 0.6 is 0 Å². The Morgan fingerprint density at radius 1 is 1.36 bits per heavy atom. The number of aldehydes is 1. The molecule has 0 bridgehead atoms. The fourth-order valence-electron chi connectivity index (χ4n) is 1.23. The van der Waals surface area contributed by atoms with E-state index in [1.54, 1.807) is 12.4 Å². The molecule has 0 aromatic carbocycles. The van der Waals surface area contributed by atoms with Gasteiger partial charge in [-0.1, -0.05) is 0 Å². The van der Waals surface area contributed by atoms with Gasteiger partial charge in [-0.25, -0.2) is 0 Å². The predicted molar refractivity (Wildman–Crippen MR) is 49.7 cm³/mol. The molecule has 0 saturated carbocycles. The summed E-state index contributed by atoms with van der Waals surface area (Å²) in [5, 5.41) is 6.52. The van der Waals surface area contributed by atoms with Crippen molar-refractivity contribution in [2.45, 2.75) is 6.92 Å². The van der Waals surface area contributed by atoms with E-state index in [-0.39, 0.29) is 0 Å². The van der Waals surface area contributed by atoms with Crippen LogP contribution in [0.15, 0.2) is 18.6 Å². The molecule has 2 heterocycles. The number of rotatable bonds is 2. The summed E-state index contributed by atoms with van der Waals surface area (Å²) >= 11 is 0. The highest BCUT2D eigenvalue weighted by Gasteiger charge is 2.10. The van der Waals surface area contributed by atoms with E-state index in [0.29, 0.717) is 17.0 Å². The number of aromatic amines is 1. The van der Waals surface area contributed by atoms with Crippen molar-refractivity contribution in [3.8, 4) is 11.4 Å². The molecule has 0 atom stereocenters. The fraction of sp³-hybridized carbons (Fsp3) is 0.111. The first kappa shape index (κ1) is 8.55. The molecular formula is C9H8N4O. The van der Waals surface area contributed by atoms with Gasteiger partial charge in [-0.3, -0.25) is 19.9 Å². The highest BCUT2D eigenvalue weighted by atomic mass is 16.1. The van der Waals surface area contributed by atoms with Gasteiger partial charge in [0.2, 0.25) is 0 Å². The molecular weight excluding hydrogens is 180 g/mol. The molecule has 0 aliphatic heterocycles. The quantitative estimate of drug-likeness (QED) is 0.713. The van der Waals surface area contributed by atoms with Crippen LogP contribution in [0.4, 0.5) is 0 Å². The standard InChI is InChI=1S/C9H8N4O/c1-6-8(11-3-2-10-6)9-7(5-14)4-12-13-9/h2-5H,1H3,(H,12,13). The molecule has 0 amide bonds. The van der Waals surface area contributed by atoms with Crippen LogP contribution in [-0.2, 0) is 0 Å².